The normalized spacial score (nSPS) is 19.2. The molecule has 0 aliphatic carbocycles. The highest BCUT2D eigenvalue weighted by atomic mass is 35.5. The summed E-state index contributed by atoms with van der Waals surface area (Å²) in [7, 11) is 0. The average Bonchev–Trinajstić information content (AvgIpc) is 2.95. The molecule has 0 bridgehead atoms. The average molecular weight is 255 g/mol. The van der Waals surface area contributed by atoms with Crippen LogP contribution >= 0.6 is 12.4 Å². The molecule has 3 rings (SSSR count). The van der Waals surface area contributed by atoms with Crippen LogP contribution in [0.2, 0.25) is 0 Å². The zero-order valence-corrected chi connectivity index (χ0v) is 10.2. The van der Waals surface area contributed by atoms with Gasteiger partial charge in [-0.25, -0.2) is 4.98 Å². The number of imidazole rings is 1. The predicted molar refractivity (Wildman–Crippen MR) is 67.6 cm³/mol. The summed E-state index contributed by atoms with van der Waals surface area (Å²) in [5, 5.41) is 3.31. The maximum absolute atomic E-state index is 5.63. The van der Waals surface area contributed by atoms with Gasteiger partial charge in [-0.15, -0.1) is 12.4 Å². The number of aromatic amines is 1. The molecule has 1 saturated heterocycles. The van der Waals surface area contributed by atoms with Gasteiger partial charge in [0.1, 0.15) is 0 Å². The van der Waals surface area contributed by atoms with Gasteiger partial charge in [0.05, 0.1) is 12.1 Å². The van der Waals surface area contributed by atoms with Crippen molar-refractivity contribution in [2.24, 2.45) is 5.92 Å². The van der Waals surface area contributed by atoms with E-state index in [1.54, 1.807) is 6.20 Å². The molecule has 1 aliphatic heterocycles. The molecule has 3 heterocycles. The van der Waals surface area contributed by atoms with Gasteiger partial charge in [-0.05, 0) is 25.1 Å². The van der Waals surface area contributed by atoms with Crippen LogP contribution in [-0.2, 0) is 0 Å². The minimum absolute atomic E-state index is 0. The summed E-state index contributed by atoms with van der Waals surface area (Å²) in [5.74, 6) is 0.598. The number of H-pyrrole nitrogens is 1. The zero-order valence-electron chi connectivity index (χ0n) is 9.35. The van der Waals surface area contributed by atoms with E-state index in [9.17, 15) is 0 Å². The van der Waals surface area contributed by atoms with Crippen LogP contribution in [0.25, 0.3) is 11.2 Å². The largest absolute Gasteiger partial charge is 0.464 e. The number of ether oxygens (including phenoxy) is 1. The fourth-order valence-corrected chi connectivity index (χ4v) is 1.94. The fourth-order valence-electron chi connectivity index (χ4n) is 1.94. The second kappa shape index (κ2) is 5.33. The summed E-state index contributed by atoms with van der Waals surface area (Å²) in [5.41, 5.74) is 1.63. The first-order valence-electron chi connectivity index (χ1n) is 5.56. The van der Waals surface area contributed by atoms with Crippen LogP contribution in [0.15, 0.2) is 18.3 Å². The van der Waals surface area contributed by atoms with E-state index in [0.29, 0.717) is 24.2 Å². The highest BCUT2D eigenvalue weighted by Crippen LogP contribution is 2.14. The Kier molecular flexibility index (Phi) is 3.81. The molecule has 6 heteroatoms. The third-order valence-corrected chi connectivity index (χ3v) is 2.85. The minimum Gasteiger partial charge on any atom is -0.464 e. The van der Waals surface area contributed by atoms with Crippen LogP contribution in [0.4, 0.5) is 0 Å². The molecule has 1 unspecified atom stereocenters. The number of hydrogen-bond acceptors (Lipinski definition) is 4. The van der Waals surface area contributed by atoms with Gasteiger partial charge in [0.2, 0.25) is 0 Å². The van der Waals surface area contributed by atoms with Crippen molar-refractivity contribution in [3.05, 3.63) is 18.3 Å². The molecule has 0 saturated carbocycles. The van der Waals surface area contributed by atoms with E-state index in [2.05, 4.69) is 20.3 Å². The van der Waals surface area contributed by atoms with Gasteiger partial charge >= 0.3 is 0 Å². The van der Waals surface area contributed by atoms with E-state index in [-0.39, 0.29) is 12.4 Å². The molecule has 2 N–H and O–H groups in total. The Morgan fingerprint density at radius 3 is 3.18 bits per heavy atom. The zero-order chi connectivity index (χ0) is 10.8. The number of halogens is 1. The second-order valence-corrected chi connectivity index (χ2v) is 4.09. The molecule has 0 aromatic carbocycles. The van der Waals surface area contributed by atoms with Crippen molar-refractivity contribution in [2.75, 3.05) is 19.7 Å². The number of hydrogen-bond donors (Lipinski definition) is 2. The lowest BCUT2D eigenvalue weighted by atomic mass is 10.1. The Bertz CT molecular complexity index is 448. The lowest BCUT2D eigenvalue weighted by Gasteiger charge is -2.07. The molecule has 2 aromatic heterocycles. The molecule has 0 radical (unpaired) electrons. The third-order valence-electron chi connectivity index (χ3n) is 2.85. The smallest absolute Gasteiger partial charge is 0.296 e. The molecular weight excluding hydrogens is 240 g/mol. The molecule has 0 spiro atoms. The first-order chi connectivity index (χ1) is 7.92. The van der Waals surface area contributed by atoms with E-state index in [1.807, 2.05) is 12.1 Å². The van der Waals surface area contributed by atoms with Crippen LogP contribution in [0.5, 0.6) is 6.01 Å². The Morgan fingerprint density at radius 1 is 1.47 bits per heavy atom. The summed E-state index contributed by atoms with van der Waals surface area (Å²) in [6.45, 7) is 2.85. The molecule has 5 nitrogen and oxygen atoms in total. The fraction of sp³-hybridized carbons (Fsp3) is 0.455. The Morgan fingerprint density at radius 2 is 2.41 bits per heavy atom. The van der Waals surface area contributed by atoms with Crippen molar-refractivity contribution in [2.45, 2.75) is 6.42 Å². The van der Waals surface area contributed by atoms with Crippen LogP contribution < -0.4 is 10.1 Å². The molecular formula is C11H15ClN4O. The second-order valence-electron chi connectivity index (χ2n) is 4.09. The third kappa shape index (κ3) is 2.68. The van der Waals surface area contributed by atoms with E-state index in [1.165, 1.54) is 6.42 Å². The van der Waals surface area contributed by atoms with Gasteiger partial charge in [-0.1, -0.05) is 0 Å². The molecule has 0 amide bonds. The number of pyridine rings is 1. The Balaban J connectivity index is 0.00000108. The van der Waals surface area contributed by atoms with Crippen molar-refractivity contribution in [1.82, 2.24) is 20.3 Å². The van der Waals surface area contributed by atoms with E-state index in [0.717, 1.165) is 18.6 Å². The Hall–Kier alpha value is -1.33. The molecule has 1 fully saturated rings. The summed E-state index contributed by atoms with van der Waals surface area (Å²) >= 11 is 0. The van der Waals surface area contributed by atoms with Crippen molar-refractivity contribution in [1.29, 1.82) is 0 Å². The molecule has 1 aliphatic rings. The van der Waals surface area contributed by atoms with Crippen molar-refractivity contribution >= 4 is 23.6 Å². The molecule has 2 aromatic rings. The maximum Gasteiger partial charge on any atom is 0.296 e. The highest BCUT2D eigenvalue weighted by Gasteiger charge is 2.15. The van der Waals surface area contributed by atoms with Crippen molar-refractivity contribution < 1.29 is 4.74 Å². The number of nitrogens with zero attached hydrogens (tertiary/aromatic N) is 2. The predicted octanol–water partition coefficient (Wildman–Crippen LogP) is 1.37. The van der Waals surface area contributed by atoms with Crippen LogP contribution in [0.1, 0.15) is 6.42 Å². The first-order valence-corrected chi connectivity index (χ1v) is 5.56. The summed E-state index contributed by atoms with van der Waals surface area (Å²) < 4.78 is 5.63. The molecule has 1 atom stereocenters. The summed E-state index contributed by atoms with van der Waals surface area (Å²) in [6, 6.07) is 4.39. The van der Waals surface area contributed by atoms with E-state index < -0.39 is 0 Å². The van der Waals surface area contributed by atoms with Crippen molar-refractivity contribution in [3.8, 4) is 6.01 Å². The number of aromatic nitrogens is 3. The van der Waals surface area contributed by atoms with Gasteiger partial charge < -0.3 is 15.0 Å². The van der Waals surface area contributed by atoms with Crippen molar-refractivity contribution in [3.63, 3.8) is 0 Å². The van der Waals surface area contributed by atoms with Gasteiger partial charge in [-0.3, -0.25) is 0 Å². The van der Waals surface area contributed by atoms with Gasteiger partial charge in [0, 0.05) is 18.7 Å². The summed E-state index contributed by atoms with van der Waals surface area (Å²) in [4.78, 5) is 11.5. The number of rotatable bonds is 3. The van der Waals surface area contributed by atoms with Crippen LogP contribution in [0, 0.1) is 5.92 Å². The quantitative estimate of drug-likeness (QED) is 0.869. The van der Waals surface area contributed by atoms with E-state index in [4.69, 9.17) is 4.74 Å². The van der Waals surface area contributed by atoms with Crippen LogP contribution in [-0.4, -0.2) is 34.6 Å². The topological polar surface area (TPSA) is 62.8 Å². The lowest BCUT2D eigenvalue weighted by Crippen LogP contribution is -2.15. The van der Waals surface area contributed by atoms with Gasteiger partial charge in [0.15, 0.2) is 5.65 Å². The Labute approximate surface area is 105 Å². The maximum atomic E-state index is 5.63. The minimum atomic E-state index is 0. The summed E-state index contributed by atoms with van der Waals surface area (Å²) in [6.07, 6.45) is 2.91. The first kappa shape index (κ1) is 12.1. The highest BCUT2D eigenvalue weighted by molar-refractivity contribution is 5.85. The van der Waals surface area contributed by atoms with E-state index >= 15 is 0 Å². The molecule has 17 heavy (non-hydrogen) atoms. The number of nitrogens with one attached hydrogen (secondary N) is 2. The SMILES string of the molecule is Cl.c1cnc2nc(OCC3CCNC3)[nH]c2c1. The van der Waals surface area contributed by atoms with Gasteiger partial charge in [-0.2, -0.15) is 4.98 Å². The van der Waals surface area contributed by atoms with Crippen LogP contribution in [0.3, 0.4) is 0 Å². The monoisotopic (exact) mass is 254 g/mol. The standard InChI is InChI=1S/C11H14N4O.ClH/c1-2-9-10(13-4-1)15-11(14-9)16-7-8-3-5-12-6-8;/h1-2,4,8,12H,3,5-7H2,(H,13,14,15);1H. The lowest BCUT2D eigenvalue weighted by molar-refractivity contribution is 0.244. The number of fused-ring (bicyclic) bond motifs is 1. The molecule has 92 valence electrons. The van der Waals surface area contributed by atoms with Gasteiger partial charge in [0.25, 0.3) is 6.01 Å².